The average Bonchev–Trinajstić information content (AvgIpc) is 2.95. The van der Waals surface area contributed by atoms with E-state index >= 15 is 0 Å². The predicted molar refractivity (Wildman–Crippen MR) is 151 cm³/mol. The number of benzene rings is 1. The normalized spacial score (nSPS) is 14.7. The topological polar surface area (TPSA) is 183 Å². The van der Waals surface area contributed by atoms with Gasteiger partial charge in [0.15, 0.2) is 0 Å². The van der Waals surface area contributed by atoms with Crippen molar-refractivity contribution in [2.75, 3.05) is 26.1 Å². The lowest BCUT2D eigenvalue weighted by molar-refractivity contribution is -0.384. The molecule has 1 aliphatic rings. The highest BCUT2D eigenvalue weighted by molar-refractivity contribution is 6.23. The molecule has 2 rings (SSSR count). The highest BCUT2D eigenvalue weighted by atomic mass is 16.6. The highest BCUT2D eigenvalue weighted by Crippen LogP contribution is 2.30. The summed E-state index contributed by atoms with van der Waals surface area (Å²) in [6.07, 6.45) is 7.60. The zero-order valence-corrected chi connectivity index (χ0v) is 23.9. The number of ketones is 2. The quantitative estimate of drug-likeness (QED) is 0.0320. The van der Waals surface area contributed by atoms with E-state index in [2.05, 4.69) is 15.3 Å². The number of Topliss-reactive ketones (excluding diaryl/α,β-unsaturated/α-hetero) is 2. The Balaban J connectivity index is 1.67. The summed E-state index contributed by atoms with van der Waals surface area (Å²) in [5.41, 5.74) is 7.74. The lowest BCUT2D eigenvalue weighted by Crippen LogP contribution is -2.42. The number of rotatable bonds is 18. The Morgan fingerprint density at radius 3 is 2.15 bits per heavy atom. The fourth-order valence-corrected chi connectivity index (χ4v) is 4.47. The number of carbonyl (C=O) groups is 3. The van der Waals surface area contributed by atoms with Crippen molar-refractivity contribution < 1.29 is 33.5 Å². The molecule has 0 aliphatic heterocycles. The molecule has 41 heavy (non-hydrogen) atoms. The Morgan fingerprint density at radius 1 is 1.00 bits per heavy atom. The molecular weight excluding hydrogens is 534 g/mol. The number of allylic oxidation sites excluding steroid dienone is 2. The van der Waals surface area contributed by atoms with Gasteiger partial charge in [0.05, 0.1) is 25.7 Å². The number of nitro benzene ring substituents is 1. The van der Waals surface area contributed by atoms with Crippen molar-refractivity contribution in [3.63, 3.8) is 0 Å². The molecule has 0 saturated heterocycles. The molecule has 0 fully saturated rings. The van der Waals surface area contributed by atoms with E-state index in [9.17, 15) is 24.5 Å². The van der Waals surface area contributed by atoms with Crippen LogP contribution in [-0.2, 0) is 28.6 Å². The van der Waals surface area contributed by atoms with Crippen LogP contribution in [0.1, 0.15) is 71.6 Å². The number of carbonyl (C=O) groups excluding carboxylic acids is 3. The van der Waals surface area contributed by atoms with Crippen molar-refractivity contribution in [3.05, 3.63) is 67.5 Å². The molecule has 0 bridgehead atoms. The van der Waals surface area contributed by atoms with Gasteiger partial charge in [-0.3, -0.25) is 19.7 Å². The maximum Gasteiger partial charge on any atom is 0.337 e. The molecule has 13 heteroatoms. The molecule has 1 aromatic carbocycles. The first-order valence-corrected chi connectivity index (χ1v) is 13.5. The molecule has 0 aromatic heterocycles. The number of para-hydroxylation sites is 2. The molecule has 0 saturated carbocycles. The molecular formula is C28H37N5O8. The minimum absolute atomic E-state index is 0.0341. The van der Waals surface area contributed by atoms with Crippen LogP contribution in [0.4, 0.5) is 11.4 Å². The number of methoxy groups -OCH3 is 2. The number of nitrogens with one attached hydrogen (secondary N) is 1. The number of azide groups is 1. The van der Waals surface area contributed by atoms with Gasteiger partial charge < -0.3 is 19.5 Å². The second-order valence-electron chi connectivity index (χ2n) is 9.70. The monoisotopic (exact) mass is 571 g/mol. The van der Waals surface area contributed by atoms with Gasteiger partial charge in [-0.05, 0) is 44.7 Å². The number of ether oxygens (including phenoxy) is 3. The minimum Gasteiger partial charge on any atom is -0.489 e. The predicted octanol–water partition coefficient (Wildman–Crippen LogP) is 6.06. The Kier molecular flexibility index (Phi) is 12.8. The number of hydrogen-bond donors (Lipinski definition) is 1. The summed E-state index contributed by atoms with van der Waals surface area (Å²) < 4.78 is 15.5. The van der Waals surface area contributed by atoms with Gasteiger partial charge in [-0.1, -0.05) is 55.8 Å². The van der Waals surface area contributed by atoms with Crippen molar-refractivity contribution >= 4 is 28.9 Å². The molecule has 13 nitrogen and oxygen atoms in total. The van der Waals surface area contributed by atoms with Crippen LogP contribution < -0.4 is 5.32 Å². The summed E-state index contributed by atoms with van der Waals surface area (Å²) in [5, 5.41) is 17.4. The zero-order chi connectivity index (χ0) is 30.4. The lowest BCUT2D eigenvalue weighted by Gasteiger charge is -2.24. The van der Waals surface area contributed by atoms with Gasteiger partial charge in [0.2, 0.25) is 28.7 Å². The van der Waals surface area contributed by atoms with Crippen molar-refractivity contribution in [2.24, 2.45) is 5.11 Å². The maximum absolute atomic E-state index is 12.7. The smallest absolute Gasteiger partial charge is 0.337 e. The minimum atomic E-state index is -1.85. The number of esters is 1. The zero-order valence-electron chi connectivity index (χ0n) is 23.9. The molecule has 1 N–H and O–H groups in total. The summed E-state index contributed by atoms with van der Waals surface area (Å²) in [6, 6.07) is 5.73. The molecule has 1 unspecified atom stereocenters. The standard InChI is InChI=1S/C28H37N5O8/c1-19-20(24(35)26(40-4)25(39-3)23(19)34)15-11-9-7-5-6-8-10-14-18-41-27(36)28(2,31-32-29)30-21-16-12-13-17-22(21)33(37)38/h12-13,16-17,30H,5-11,14-15,18H2,1-4H3. The van der Waals surface area contributed by atoms with Crippen LogP contribution in [0.25, 0.3) is 10.4 Å². The van der Waals surface area contributed by atoms with Crippen LogP contribution in [-0.4, -0.2) is 48.9 Å². The average molecular weight is 572 g/mol. The number of nitrogens with zero attached hydrogens (tertiary/aromatic N) is 4. The van der Waals surface area contributed by atoms with Gasteiger partial charge >= 0.3 is 5.97 Å². The van der Waals surface area contributed by atoms with Crippen LogP contribution in [0, 0.1) is 10.1 Å². The van der Waals surface area contributed by atoms with Gasteiger partial charge in [0.1, 0.15) is 5.69 Å². The first-order chi connectivity index (χ1) is 19.6. The van der Waals surface area contributed by atoms with Crippen LogP contribution in [0.15, 0.2) is 52.0 Å². The van der Waals surface area contributed by atoms with Gasteiger partial charge in [-0.25, -0.2) is 4.79 Å². The Morgan fingerprint density at radius 2 is 1.56 bits per heavy atom. The van der Waals surface area contributed by atoms with Crippen LogP contribution in [0.3, 0.4) is 0 Å². The summed E-state index contributed by atoms with van der Waals surface area (Å²) in [4.78, 5) is 51.1. The van der Waals surface area contributed by atoms with Gasteiger partial charge in [0.25, 0.3) is 5.69 Å². The molecule has 0 heterocycles. The molecule has 1 aromatic rings. The van der Waals surface area contributed by atoms with Crippen molar-refractivity contribution in [3.8, 4) is 0 Å². The van der Waals surface area contributed by atoms with Gasteiger partial charge in [-0.2, -0.15) is 0 Å². The summed E-state index contributed by atoms with van der Waals surface area (Å²) in [6.45, 7) is 3.06. The summed E-state index contributed by atoms with van der Waals surface area (Å²) >= 11 is 0. The molecule has 1 atom stereocenters. The van der Waals surface area contributed by atoms with Crippen LogP contribution >= 0.6 is 0 Å². The van der Waals surface area contributed by atoms with E-state index in [0.29, 0.717) is 24.0 Å². The summed E-state index contributed by atoms with van der Waals surface area (Å²) in [5.74, 6) is -1.53. The van der Waals surface area contributed by atoms with E-state index in [0.717, 1.165) is 44.9 Å². The number of unbranched alkanes of at least 4 members (excludes halogenated alkanes) is 7. The third-order valence-corrected chi connectivity index (χ3v) is 6.77. The third kappa shape index (κ3) is 8.81. The van der Waals surface area contributed by atoms with Crippen molar-refractivity contribution in [2.45, 2.75) is 77.3 Å². The SMILES string of the molecule is COC1=C(OC)C(=O)C(CCCCCCCCCCOC(=O)C(C)(N=[N+]=[N-])Nc2ccccc2[N+](=O)[O-])=C(C)C1=O. The third-order valence-electron chi connectivity index (χ3n) is 6.77. The van der Waals surface area contributed by atoms with E-state index in [-0.39, 0.29) is 41.1 Å². The highest BCUT2D eigenvalue weighted by Gasteiger charge is 2.36. The van der Waals surface area contributed by atoms with E-state index < -0.39 is 16.6 Å². The second-order valence-corrected chi connectivity index (χ2v) is 9.70. The Hall–Kier alpha value is -4.38. The first-order valence-electron chi connectivity index (χ1n) is 13.5. The second kappa shape index (κ2) is 16.0. The number of hydrogen-bond acceptors (Lipinski definition) is 10. The van der Waals surface area contributed by atoms with Gasteiger partial charge in [-0.15, -0.1) is 0 Å². The molecule has 222 valence electrons. The fraction of sp³-hybridized carbons (Fsp3) is 0.536. The first kappa shape index (κ1) is 32.8. The van der Waals surface area contributed by atoms with E-state index in [1.807, 2.05) is 0 Å². The van der Waals surface area contributed by atoms with Gasteiger partial charge in [0, 0.05) is 22.1 Å². The van der Waals surface area contributed by atoms with E-state index in [1.54, 1.807) is 13.0 Å². The molecule has 1 aliphatic carbocycles. The number of anilines is 1. The molecule has 0 radical (unpaired) electrons. The van der Waals surface area contributed by atoms with Crippen molar-refractivity contribution in [1.82, 2.24) is 0 Å². The lowest BCUT2D eigenvalue weighted by atomic mass is 9.89. The van der Waals surface area contributed by atoms with Crippen LogP contribution in [0.5, 0.6) is 0 Å². The van der Waals surface area contributed by atoms with E-state index in [1.165, 1.54) is 39.3 Å². The molecule has 0 spiro atoms. The number of nitro groups is 1. The largest absolute Gasteiger partial charge is 0.489 e. The Labute approximate surface area is 238 Å². The Bertz CT molecular complexity index is 1250. The van der Waals surface area contributed by atoms with Crippen molar-refractivity contribution in [1.29, 1.82) is 0 Å². The maximum atomic E-state index is 12.7. The molecule has 0 amide bonds. The van der Waals surface area contributed by atoms with Crippen LogP contribution in [0.2, 0.25) is 0 Å². The van der Waals surface area contributed by atoms with E-state index in [4.69, 9.17) is 19.7 Å². The summed E-state index contributed by atoms with van der Waals surface area (Å²) in [7, 11) is 2.69. The fourth-order valence-electron chi connectivity index (χ4n) is 4.47.